The van der Waals surface area contributed by atoms with Gasteiger partial charge in [0.25, 0.3) is 11.8 Å². The molecule has 6 nitrogen and oxygen atoms in total. The summed E-state index contributed by atoms with van der Waals surface area (Å²) in [4.78, 5) is 24.3. The van der Waals surface area contributed by atoms with E-state index in [1.54, 1.807) is 12.2 Å². The van der Waals surface area contributed by atoms with Crippen LogP contribution < -0.4 is 10.6 Å². The fraction of sp³-hybridized carbons (Fsp3) is 0.231. The SMILES string of the molecule is N#C/C(=C\c1ccccc1)C(=O)NCCCCCCNC(=O)/C(C#N)=C/c1ccccc1. The molecular weight excluding hydrogens is 400 g/mol. The van der Waals surface area contributed by atoms with E-state index in [0.717, 1.165) is 36.8 Å². The molecule has 0 aliphatic carbocycles. The summed E-state index contributed by atoms with van der Waals surface area (Å²) in [5, 5.41) is 23.9. The van der Waals surface area contributed by atoms with E-state index in [-0.39, 0.29) is 23.0 Å². The van der Waals surface area contributed by atoms with Crippen LogP contribution in [0, 0.1) is 22.7 Å². The zero-order valence-electron chi connectivity index (χ0n) is 17.9. The van der Waals surface area contributed by atoms with Crippen molar-refractivity contribution in [2.75, 3.05) is 13.1 Å². The van der Waals surface area contributed by atoms with Gasteiger partial charge >= 0.3 is 0 Å². The lowest BCUT2D eigenvalue weighted by atomic mass is 10.1. The molecule has 0 fully saturated rings. The average Bonchev–Trinajstić information content (AvgIpc) is 2.83. The van der Waals surface area contributed by atoms with Gasteiger partial charge in [0.05, 0.1) is 0 Å². The Hall–Kier alpha value is -4.16. The maximum atomic E-state index is 12.1. The van der Waals surface area contributed by atoms with Gasteiger partial charge in [-0.2, -0.15) is 10.5 Å². The molecule has 0 heterocycles. The number of nitrogens with zero attached hydrogens (tertiary/aromatic N) is 2. The van der Waals surface area contributed by atoms with Crippen molar-refractivity contribution in [3.63, 3.8) is 0 Å². The van der Waals surface area contributed by atoms with Crippen molar-refractivity contribution in [2.24, 2.45) is 0 Å². The molecule has 0 aliphatic heterocycles. The molecule has 0 unspecified atom stereocenters. The third kappa shape index (κ3) is 8.69. The largest absolute Gasteiger partial charge is 0.351 e. The van der Waals surface area contributed by atoms with E-state index in [0.29, 0.717) is 13.1 Å². The second-order valence-corrected chi connectivity index (χ2v) is 7.09. The van der Waals surface area contributed by atoms with Gasteiger partial charge in [-0.3, -0.25) is 9.59 Å². The number of carbonyl (C=O) groups excluding carboxylic acids is 2. The lowest BCUT2D eigenvalue weighted by Crippen LogP contribution is -2.26. The minimum Gasteiger partial charge on any atom is -0.351 e. The van der Waals surface area contributed by atoms with Gasteiger partial charge in [0.15, 0.2) is 0 Å². The summed E-state index contributed by atoms with van der Waals surface area (Å²) >= 11 is 0. The second-order valence-electron chi connectivity index (χ2n) is 7.09. The molecule has 6 heteroatoms. The molecule has 32 heavy (non-hydrogen) atoms. The predicted octanol–water partition coefficient (Wildman–Crippen LogP) is 3.99. The number of hydrogen-bond donors (Lipinski definition) is 2. The van der Waals surface area contributed by atoms with Crippen LogP contribution in [0.15, 0.2) is 71.8 Å². The van der Waals surface area contributed by atoms with Crippen LogP contribution in [0.2, 0.25) is 0 Å². The fourth-order valence-corrected chi connectivity index (χ4v) is 2.93. The summed E-state index contributed by atoms with van der Waals surface area (Å²) in [5.41, 5.74) is 1.77. The molecule has 2 aromatic carbocycles. The highest BCUT2D eigenvalue weighted by molar-refractivity contribution is 6.02. The van der Waals surface area contributed by atoms with Gasteiger partial charge in [-0.05, 0) is 36.1 Å². The standard InChI is InChI=1S/C26H26N4O2/c27-19-23(17-21-11-5-3-6-12-21)25(31)29-15-9-1-2-10-16-30-26(32)24(20-28)18-22-13-7-4-8-14-22/h3-8,11-14,17-18H,1-2,9-10,15-16H2,(H,29,31)(H,30,32)/b23-17+,24-18+. The molecule has 0 aliphatic rings. The maximum Gasteiger partial charge on any atom is 0.261 e. The van der Waals surface area contributed by atoms with E-state index in [9.17, 15) is 20.1 Å². The van der Waals surface area contributed by atoms with E-state index in [2.05, 4.69) is 10.6 Å². The van der Waals surface area contributed by atoms with E-state index >= 15 is 0 Å². The van der Waals surface area contributed by atoms with Crippen LogP contribution in [-0.2, 0) is 9.59 Å². The van der Waals surface area contributed by atoms with Crippen molar-refractivity contribution in [1.29, 1.82) is 10.5 Å². The topological polar surface area (TPSA) is 106 Å². The smallest absolute Gasteiger partial charge is 0.261 e. The summed E-state index contributed by atoms with van der Waals surface area (Å²) in [6, 6.07) is 22.4. The quantitative estimate of drug-likeness (QED) is 0.322. The molecule has 0 saturated carbocycles. The molecular formula is C26H26N4O2. The number of unbranched alkanes of at least 4 members (excludes halogenated alkanes) is 3. The van der Waals surface area contributed by atoms with Crippen LogP contribution in [-0.4, -0.2) is 24.9 Å². The first-order chi connectivity index (χ1) is 15.6. The lowest BCUT2D eigenvalue weighted by molar-refractivity contribution is -0.117. The summed E-state index contributed by atoms with van der Waals surface area (Å²) in [7, 11) is 0. The fourth-order valence-electron chi connectivity index (χ4n) is 2.93. The Labute approximate surface area is 188 Å². The minimum absolute atomic E-state index is 0.0794. The van der Waals surface area contributed by atoms with Crippen LogP contribution in [0.1, 0.15) is 36.8 Å². The van der Waals surface area contributed by atoms with Gasteiger partial charge in [-0.25, -0.2) is 0 Å². The Balaban J connectivity index is 1.62. The number of hydrogen-bond acceptors (Lipinski definition) is 4. The number of benzene rings is 2. The van der Waals surface area contributed by atoms with Crippen molar-refractivity contribution in [1.82, 2.24) is 10.6 Å². The van der Waals surface area contributed by atoms with Crippen molar-refractivity contribution in [3.05, 3.63) is 82.9 Å². The van der Waals surface area contributed by atoms with Gasteiger partial charge in [-0.1, -0.05) is 73.5 Å². The molecule has 162 valence electrons. The van der Waals surface area contributed by atoms with E-state index in [1.807, 2.05) is 72.8 Å². The Morgan fingerprint density at radius 1 is 0.656 bits per heavy atom. The van der Waals surface area contributed by atoms with Crippen LogP contribution in [0.5, 0.6) is 0 Å². The molecule has 0 aromatic heterocycles. The first-order valence-electron chi connectivity index (χ1n) is 10.5. The number of nitriles is 2. The summed E-state index contributed by atoms with van der Waals surface area (Å²) in [6.07, 6.45) is 6.46. The Morgan fingerprint density at radius 2 is 1.03 bits per heavy atom. The van der Waals surface area contributed by atoms with Crippen molar-refractivity contribution in [3.8, 4) is 12.1 Å². The molecule has 0 spiro atoms. The highest BCUT2D eigenvalue weighted by Crippen LogP contribution is 2.08. The first kappa shape index (κ1) is 24.1. The third-order valence-electron chi connectivity index (χ3n) is 4.63. The molecule has 0 atom stereocenters. The van der Waals surface area contributed by atoms with Crippen LogP contribution in [0.3, 0.4) is 0 Å². The van der Waals surface area contributed by atoms with Gasteiger partial charge in [0, 0.05) is 13.1 Å². The first-order valence-corrected chi connectivity index (χ1v) is 10.5. The van der Waals surface area contributed by atoms with Gasteiger partial charge in [-0.15, -0.1) is 0 Å². The second kappa shape index (κ2) is 14.0. The lowest BCUT2D eigenvalue weighted by Gasteiger charge is -2.06. The zero-order valence-corrected chi connectivity index (χ0v) is 17.9. The van der Waals surface area contributed by atoms with Gasteiger partial charge in [0.1, 0.15) is 23.3 Å². The zero-order chi connectivity index (χ0) is 23.0. The Bertz CT molecular complexity index is 943. The average molecular weight is 427 g/mol. The third-order valence-corrected chi connectivity index (χ3v) is 4.63. The summed E-state index contributed by atoms with van der Waals surface area (Å²) < 4.78 is 0. The van der Waals surface area contributed by atoms with E-state index in [4.69, 9.17) is 0 Å². The normalized spacial score (nSPS) is 11.2. The summed E-state index contributed by atoms with van der Waals surface area (Å²) in [5.74, 6) is -0.754. The van der Waals surface area contributed by atoms with E-state index in [1.165, 1.54) is 0 Å². The molecule has 2 aromatic rings. The van der Waals surface area contributed by atoms with E-state index < -0.39 is 0 Å². The number of rotatable bonds is 11. The molecule has 0 saturated heterocycles. The summed E-state index contributed by atoms with van der Waals surface area (Å²) in [6.45, 7) is 0.967. The molecule has 2 rings (SSSR count). The van der Waals surface area contributed by atoms with Crippen LogP contribution in [0.4, 0.5) is 0 Å². The number of carbonyl (C=O) groups is 2. The van der Waals surface area contributed by atoms with Crippen molar-refractivity contribution < 1.29 is 9.59 Å². The molecule has 0 bridgehead atoms. The predicted molar refractivity (Wildman–Crippen MR) is 125 cm³/mol. The minimum atomic E-state index is -0.377. The van der Waals surface area contributed by atoms with Gasteiger partial charge < -0.3 is 10.6 Å². The monoisotopic (exact) mass is 426 g/mol. The highest BCUT2D eigenvalue weighted by Gasteiger charge is 2.09. The Kier molecular flexibility index (Phi) is 10.5. The number of nitrogens with one attached hydrogen (secondary N) is 2. The van der Waals surface area contributed by atoms with Crippen molar-refractivity contribution in [2.45, 2.75) is 25.7 Å². The number of amides is 2. The van der Waals surface area contributed by atoms with Crippen LogP contribution >= 0.6 is 0 Å². The maximum absolute atomic E-state index is 12.1. The molecule has 2 N–H and O–H groups in total. The highest BCUT2D eigenvalue weighted by atomic mass is 16.2. The van der Waals surface area contributed by atoms with Crippen molar-refractivity contribution >= 4 is 24.0 Å². The molecule has 2 amide bonds. The van der Waals surface area contributed by atoms with Crippen LogP contribution in [0.25, 0.3) is 12.2 Å². The Morgan fingerprint density at radius 3 is 1.38 bits per heavy atom. The molecule has 0 radical (unpaired) electrons. The van der Waals surface area contributed by atoms with Gasteiger partial charge in [0.2, 0.25) is 0 Å².